The number of unbranched alkanes of at least 4 members (excludes halogenated alkanes) is 10. The van der Waals surface area contributed by atoms with E-state index in [4.69, 9.17) is 5.11 Å². The molecule has 0 bridgehead atoms. The predicted octanol–water partition coefficient (Wildman–Crippen LogP) is 2.75. The van der Waals surface area contributed by atoms with Crippen molar-refractivity contribution in [1.29, 1.82) is 0 Å². The van der Waals surface area contributed by atoms with Crippen LogP contribution in [-0.4, -0.2) is 54.9 Å². The van der Waals surface area contributed by atoms with Crippen LogP contribution in [0.4, 0.5) is 0 Å². The standard InChI is InChI=1S/C18H38O6S/c1-3-4-5-6-7-8-9-10-11-12-13-14-16(20)18(21)17(15-19)24-25(2,22)23/h16-21H,3-15H2,1-2H3/t16-,17-,18-/m1/s1. The van der Waals surface area contributed by atoms with Crippen LogP contribution in [0, 0.1) is 0 Å². The van der Waals surface area contributed by atoms with Crippen LogP contribution in [0.5, 0.6) is 0 Å². The Hall–Kier alpha value is -0.210. The van der Waals surface area contributed by atoms with Crippen LogP contribution in [0.25, 0.3) is 0 Å². The molecular formula is C18H38O6S. The van der Waals surface area contributed by atoms with Gasteiger partial charge >= 0.3 is 0 Å². The highest BCUT2D eigenvalue weighted by atomic mass is 32.2. The Morgan fingerprint density at radius 1 is 0.840 bits per heavy atom. The van der Waals surface area contributed by atoms with Crippen molar-refractivity contribution in [2.75, 3.05) is 12.9 Å². The SMILES string of the molecule is CCCCCCCCCCCCC[C@@H](O)[C@@H](O)[C@@H](CO)OS(C)(=O)=O. The van der Waals surface area contributed by atoms with Gasteiger partial charge in [-0.2, -0.15) is 8.42 Å². The smallest absolute Gasteiger partial charge is 0.264 e. The molecule has 0 aliphatic carbocycles. The molecular weight excluding hydrogens is 344 g/mol. The Balaban J connectivity index is 3.69. The molecule has 6 nitrogen and oxygen atoms in total. The minimum absolute atomic E-state index is 0.363. The number of aliphatic hydroxyl groups is 3. The average molecular weight is 383 g/mol. The normalized spacial score (nSPS) is 15.9. The van der Waals surface area contributed by atoms with E-state index in [9.17, 15) is 18.6 Å². The fourth-order valence-electron chi connectivity index (χ4n) is 2.86. The zero-order valence-corrected chi connectivity index (χ0v) is 16.7. The van der Waals surface area contributed by atoms with Gasteiger partial charge < -0.3 is 15.3 Å². The van der Waals surface area contributed by atoms with Gasteiger partial charge in [0.15, 0.2) is 0 Å². The first-order valence-electron chi connectivity index (χ1n) is 9.67. The zero-order chi connectivity index (χ0) is 19.1. The molecule has 0 heterocycles. The van der Waals surface area contributed by atoms with Crippen molar-refractivity contribution in [1.82, 2.24) is 0 Å². The third-order valence-electron chi connectivity index (χ3n) is 4.36. The van der Waals surface area contributed by atoms with Gasteiger partial charge in [-0.15, -0.1) is 0 Å². The van der Waals surface area contributed by atoms with Gasteiger partial charge in [0.2, 0.25) is 0 Å². The molecule has 0 aromatic rings. The number of rotatable bonds is 17. The maximum Gasteiger partial charge on any atom is 0.264 e. The minimum atomic E-state index is -3.79. The summed E-state index contributed by atoms with van der Waals surface area (Å²) in [5, 5.41) is 28.9. The molecule has 0 radical (unpaired) electrons. The lowest BCUT2D eigenvalue weighted by molar-refractivity contribution is -0.0661. The van der Waals surface area contributed by atoms with E-state index in [0.29, 0.717) is 6.42 Å². The molecule has 0 aliphatic rings. The summed E-state index contributed by atoms with van der Waals surface area (Å²) in [6.07, 6.45) is 10.5. The van der Waals surface area contributed by atoms with Gasteiger partial charge in [-0.05, 0) is 6.42 Å². The highest BCUT2D eigenvalue weighted by Crippen LogP contribution is 2.15. The van der Waals surface area contributed by atoms with Crippen molar-refractivity contribution in [2.24, 2.45) is 0 Å². The van der Waals surface area contributed by atoms with Crippen LogP contribution in [0.3, 0.4) is 0 Å². The first kappa shape index (κ1) is 24.8. The van der Waals surface area contributed by atoms with Gasteiger partial charge in [-0.3, -0.25) is 4.18 Å². The quantitative estimate of drug-likeness (QED) is 0.264. The van der Waals surface area contributed by atoms with Crippen molar-refractivity contribution < 1.29 is 27.9 Å². The molecule has 0 rings (SSSR count). The third kappa shape index (κ3) is 14.6. The van der Waals surface area contributed by atoms with Crippen molar-refractivity contribution in [3.05, 3.63) is 0 Å². The van der Waals surface area contributed by atoms with Crippen LogP contribution in [-0.2, 0) is 14.3 Å². The van der Waals surface area contributed by atoms with E-state index >= 15 is 0 Å². The molecule has 7 heteroatoms. The average Bonchev–Trinajstić information content (AvgIpc) is 2.55. The van der Waals surface area contributed by atoms with Gasteiger partial charge in [0, 0.05) is 0 Å². The lowest BCUT2D eigenvalue weighted by Gasteiger charge is -2.24. The van der Waals surface area contributed by atoms with Crippen LogP contribution in [0.2, 0.25) is 0 Å². The summed E-state index contributed by atoms with van der Waals surface area (Å²) in [4.78, 5) is 0. The molecule has 0 spiro atoms. The summed E-state index contributed by atoms with van der Waals surface area (Å²) in [6, 6.07) is 0. The summed E-state index contributed by atoms with van der Waals surface area (Å²) in [5.41, 5.74) is 0. The summed E-state index contributed by atoms with van der Waals surface area (Å²) < 4.78 is 26.7. The van der Waals surface area contributed by atoms with E-state index in [1.54, 1.807) is 0 Å². The largest absolute Gasteiger partial charge is 0.394 e. The Labute approximate surface area is 153 Å². The van der Waals surface area contributed by atoms with E-state index in [1.165, 1.54) is 51.4 Å². The first-order valence-corrected chi connectivity index (χ1v) is 11.5. The van der Waals surface area contributed by atoms with E-state index in [1.807, 2.05) is 0 Å². The van der Waals surface area contributed by atoms with Crippen LogP contribution >= 0.6 is 0 Å². The van der Waals surface area contributed by atoms with Crippen LogP contribution < -0.4 is 0 Å². The number of hydrogen-bond acceptors (Lipinski definition) is 6. The Bertz CT molecular complexity index is 398. The summed E-state index contributed by atoms with van der Waals surface area (Å²) in [6.45, 7) is 1.56. The molecule has 25 heavy (non-hydrogen) atoms. The fraction of sp³-hybridized carbons (Fsp3) is 1.00. The summed E-state index contributed by atoms with van der Waals surface area (Å²) >= 11 is 0. The second-order valence-electron chi connectivity index (χ2n) is 6.90. The molecule has 0 saturated carbocycles. The third-order valence-corrected chi connectivity index (χ3v) is 4.95. The topological polar surface area (TPSA) is 104 Å². The highest BCUT2D eigenvalue weighted by Gasteiger charge is 2.29. The molecule has 0 unspecified atom stereocenters. The lowest BCUT2D eigenvalue weighted by Crippen LogP contribution is -2.42. The second kappa shape index (κ2) is 14.9. The van der Waals surface area contributed by atoms with Crippen molar-refractivity contribution in [3.8, 4) is 0 Å². The Kier molecular flexibility index (Phi) is 14.8. The summed E-state index contributed by atoms with van der Waals surface area (Å²) in [7, 11) is -3.79. The monoisotopic (exact) mass is 382 g/mol. The molecule has 0 aromatic heterocycles. The molecule has 0 fully saturated rings. The van der Waals surface area contributed by atoms with Crippen molar-refractivity contribution >= 4 is 10.1 Å². The number of aliphatic hydroxyl groups excluding tert-OH is 3. The van der Waals surface area contributed by atoms with Crippen molar-refractivity contribution in [2.45, 2.75) is 102 Å². The van der Waals surface area contributed by atoms with E-state index < -0.39 is 35.0 Å². The molecule has 3 N–H and O–H groups in total. The van der Waals surface area contributed by atoms with Gasteiger partial charge in [0.1, 0.15) is 12.2 Å². The van der Waals surface area contributed by atoms with E-state index in [-0.39, 0.29) is 0 Å². The van der Waals surface area contributed by atoms with Gasteiger partial charge in [-0.1, -0.05) is 77.6 Å². The highest BCUT2D eigenvalue weighted by molar-refractivity contribution is 7.86. The van der Waals surface area contributed by atoms with Gasteiger partial charge in [-0.25, -0.2) is 0 Å². The zero-order valence-electron chi connectivity index (χ0n) is 15.9. The predicted molar refractivity (Wildman–Crippen MR) is 99.9 cm³/mol. The minimum Gasteiger partial charge on any atom is -0.394 e. The van der Waals surface area contributed by atoms with E-state index in [0.717, 1.165) is 25.5 Å². The molecule has 0 amide bonds. The second-order valence-corrected chi connectivity index (χ2v) is 8.50. The Morgan fingerprint density at radius 3 is 1.68 bits per heavy atom. The molecule has 3 atom stereocenters. The van der Waals surface area contributed by atoms with Gasteiger partial charge in [0.25, 0.3) is 10.1 Å². The molecule has 0 aliphatic heterocycles. The van der Waals surface area contributed by atoms with E-state index in [2.05, 4.69) is 11.1 Å². The molecule has 152 valence electrons. The van der Waals surface area contributed by atoms with Gasteiger partial charge in [0.05, 0.1) is 19.0 Å². The number of hydrogen-bond donors (Lipinski definition) is 3. The first-order chi connectivity index (χ1) is 11.8. The van der Waals surface area contributed by atoms with Crippen molar-refractivity contribution in [3.63, 3.8) is 0 Å². The molecule has 0 saturated heterocycles. The summed E-state index contributed by atoms with van der Waals surface area (Å²) in [5.74, 6) is 0. The Morgan fingerprint density at radius 2 is 1.28 bits per heavy atom. The lowest BCUT2D eigenvalue weighted by atomic mass is 10.0. The molecule has 0 aromatic carbocycles. The maximum atomic E-state index is 11.1. The fourth-order valence-corrected chi connectivity index (χ4v) is 3.48. The maximum absolute atomic E-state index is 11.1. The van der Waals surface area contributed by atoms with Crippen LogP contribution in [0.15, 0.2) is 0 Å². The van der Waals surface area contributed by atoms with Crippen LogP contribution in [0.1, 0.15) is 84.0 Å².